The zero-order chi connectivity index (χ0) is 17.9. The van der Waals surface area contributed by atoms with Crippen molar-refractivity contribution in [1.82, 2.24) is 5.32 Å². The van der Waals surface area contributed by atoms with E-state index in [1.54, 1.807) is 0 Å². The van der Waals surface area contributed by atoms with E-state index in [-0.39, 0.29) is 17.7 Å². The first-order valence-electron chi connectivity index (χ1n) is 7.06. The number of nitro benzene ring substituents is 2. The minimum atomic E-state index is -0.737. The van der Waals surface area contributed by atoms with Gasteiger partial charge in [0.05, 0.1) is 15.4 Å². The van der Waals surface area contributed by atoms with Gasteiger partial charge in [-0.05, 0) is 19.4 Å². The molecule has 0 radical (unpaired) electrons. The number of amides is 1. The van der Waals surface area contributed by atoms with E-state index < -0.39 is 27.1 Å². The number of nitrogens with one attached hydrogen (secondary N) is 1. The van der Waals surface area contributed by atoms with Crippen LogP contribution >= 0.6 is 0 Å². The Morgan fingerprint density at radius 2 is 1.50 bits per heavy atom. The summed E-state index contributed by atoms with van der Waals surface area (Å²) >= 11 is 0. The van der Waals surface area contributed by atoms with Crippen LogP contribution in [0.15, 0.2) is 36.4 Å². The van der Waals surface area contributed by atoms with Gasteiger partial charge < -0.3 is 5.32 Å². The summed E-state index contributed by atoms with van der Waals surface area (Å²) in [5.74, 6) is -0.609. The minimum Gasteiger partial charge on any atom is -0.348 e. The highest BCUT2D eigenvalue weighted by molar-refractivity contribution is 5.96. The normalized spacial score (nSPS) is 10.2. The standard InChI is InChI=1S/C16H15N3O5/c1-10-3-5-12(6-4-10)9-17-16(20)13-7-14(18(21)22)11(2)15(8-13)19(23)24/h3-8H,9H2,1-2H3,(H,17,20). The number of carbonyl (C=O) groups is 1. The number of rotatable bonds is 5. The van der Waals surface area contributed by atoms with E-state index in [1.165, 1.54) is 6.92 Å². The molecule has 0 aliphatic heterocycles. The van der Waals surface area contributed by atoms with Crippen molar-refractivity contribution in [3.63, 3.8) is 0 Å². The highest BCUT2D eigenvalue weighted by Gasteiger charge is 2.25. The van der Waals surface area contributed by atoms with E-state index in [0.29, 0.717) is 0 Å². The largest absolute Gasteiger partial charge is 0.348 e. The van der Waals surface area contributed by atoms with Gasteiger partial charge in [-0.25, -0.2) is 0 Å². The molecule has 0 saturated heterocycles. The van der Waals surface area contributed by atoms with E-state index in [9.17, 15) is 25.0 Å². The van der Waals surface area contributed by atoms with Gasteiger partial charge in [0.1, 0.15) is 5.56 Å². The lowest BCUT2D eigenvalue weighted by Gasteiger charge is -2.07. The maximum absolute atomic E-state index is 12.2. The van der Waals surface area contributed by atoms with Crippen LogP contribution in [0.4, 0.5) is 11.4 Å². The van der Waals surface area contributed by atoms with Gasteiger partial charge in [-0.15, -0.1) is 0 Å². The zero-order valence-electron chi connectivity index (χ0n) is 13.1. The van der Waals surface area contributed by atoms with Crippen molar-refractivity contribution >= 4 is 17.3 Å². The highest BCUT2D eigenvalue weighted by Crippen LogP contribution is 2.29. The molecule has 8 heteroatoms. The average molecular weight is 329 g/mol. The van der Waals surface area contributed by atoms with Crippen molar-refractivity contribution < 1.29 is 14.6 Å². The molecule has 2 aromatic carbocycles. The highest BCUT2D eigenvalue weighted by atomic mass is 16.6. The van der Waals surface area contributed by atoms with E-state index in [4.69, 9.17) is 0 Å². The predicted octanol–water partition coefficient (Wildman–Crippen LogP) is 3.05. The number of nitrogens with zero attached hydrogens (tertiary/aromatic N) is 2. The molecule has 0 aliphatic rings. The monoisotopic (exact) mass is 329 g/mol. The van der Waals surface area contributed by atoms with Gasteiger partial charge in [0.15, 0.2) is 0 Å². The molecule has 0 spiro atoms. The molecule has 0 fully saturated rings. The molecule has 1 amide bonds. The second kappa shape index (κ2) is 6.86. The van der Waals surface area contributed by atoms with Gasteiger partial charge in [-0.3, -0.25) is 25.0 Å². The Kier molecular flexibility index (Phi) is 4.88. The minimum absolute atomic E-state index is 0.0833. The van der Waals surface area contributed by atoms with Crippen molar-refractivity contribution in [2.75, 3.05) is 0 Å². The summed E-state index contributed by atoms with van der Waals surface area (Å²) in [7, 11) is 0. The van der Waals surface area contributed by atoms with Crippen LogP contribution in [0.3, 0.4) is 0 Å². The molecular formula is C16H15N3O5. The number of carbonyl (C=O) groups excluding carboxylic acids is 1. The van der Waals surface area contributed by atoms with E-state index in [2.05, 4.69) is 5.32 Å². The molecule has 2 rings (SSSR count). The molecule has 8 nitrogen and oxygen atoms in total. The van der Waals surface area contributed by atoms with Gasteiger partial charge in [0.25, 0.3) is 17.3 Å². The summed E-state index contributed by atoms with van der Waals surface area (Å²) in [6.07, 6.45) is 0. The van der Waals surface area contributed by atoms with Crippen LogP contribution < -0.4 is 5.32 Å². The van der Waals surface area contributed by atoms with Crippen molar-refractivity contribution in [1.29, 1.82) is 0 Å². The third-order valence-corrected chi connectivity index (χ3v) is 3.58. The van der Waals surface area contributed by atoms with E-state index in [1.807, 2.05) is 31.2 Å². The smallest absolute Gasteiger partial charge is 0.279 e. The summed E-state index contributed by atoms with van der Waals surface area (Å²) < 4.78 is 0. The number of nitro groups is 2. The van der Waals surface area contributed by atoms with Crippen LogP contribution in [-0.2, 0) is 6.54 Å². The molecule has 0 unspecified atom stereocenters. The molecule has 0 aliphatic carbocycles. The predicted molar refractivity (Wildman–Crippen MR) is 86.8 cm³/mol. The van der Waals surface area contributed by atoms with Crippen LogP contribution in [0, 0.1) is 34.1 Å². The zero-order valence-corrected chi connectivity index (χ0v) is 13.1. The summed E-state index contributed by atoms with van der Waals surface area (Å²) in [5, 5.41) is 24.7. The Hall–Kier alpha value is -3.29. The second-order valence-corrected chi connectivity index (χ2v) is 5.32. The number of hydrogen-bond donors (Lipinski definition) is 1. The first-order valence-corrected chi connectivity index (χ1v) is 7.06. The molecule has 0 heterocycles. The Morgan fingerprint density at radius 3 is 1.96 bits per heavy atom. The van der Waals surface area contributed by atoms with E-state index in [0.717, 1.165) is 23.3 Å². The number of hydrogen-bond acceptors (Lipinski definition) is 5. The third kappa shape index (κ3) is 3.72. The summed E-state index contributed by atoms with van der Waals surface area (Å²) in [4.78, 5) is 32.8. The lowest BCUT2D eigenvalue weighted by molar-refractivity contribution is -0.395. The molecular weight excluding hydrogens is 314 g/mol. The maximum atomic E-state index is 12.2. The quantitative estimate of drug-likeness (QED) is 0.668. The van der Waals surface area contributed by atoms with E-state index >= 15 is 0 Å². The maximum Gasteiger partial charge on any atom is 0.279 e. The van der Waals surface area contributed by atoms with Crippen molar-refractivity contribution in [3.05, 3.63) is 78.9 Å². The van der Waals surface area contributed by atoms with Gasteiger partial charge in [0, 0.05) is 18.7 Å². The van der Waals surface area contributed by atoms with Crippen LogP contribution in [0.5, 0.6) is 0 Å². The molecule has 0 aromatic heterocycles. The second-order valence-electron chi connectivity index (χ2n) is 5.32. The van der Waals surface area contributed by atoms with Gasteiger partial charge in [-0.1, -0.05) is 29.8 Å². The van der Waals surface area contributed by atoms with Crippen LogP contribution in [0.25, 0.3) is 0 Å². The van der Waals surface area contributed by atoms with Crippen LogP contribution in [0.2, 0.25) is 0 Å². The Morgan fingerprint density at radius 1 is 1.00 bits per heavy atom. The SMILES string of the molecule is Cc1ccc(CNC(=O)c2cc([N+](=O)[O-])c(C)c([N+](=O)[O-])c2)cc1. The lowest BCUT2D eigenvalue weighted by atomic mass is 10.1. The Balaban J connectivity index is 2.26. The van der Waals surface area contributed by atoms with Crippen molar-refractivity contribution in [2.45, 2.75) is 20.4 Å². The molecule has 0 bridgehead atoms. The fraction of sp³-hybridized carbons (Fsp3) is 0.188. The molecule has 124 valence electrons. The molecule has 24 heavy (non-hydrogen) atoms. The van der Waals surface area contributed by atoms with Crippen molar-refractivity contribution in [3.8, 4) is 0 Å². The van der Waals surface area contributed by atoms with Gasteiger partial charge >= 0.3 is 0 Å². The fourth-order valence-electron chi connectivity index (χ4n) is 2.18. The number of aryl methyl sites for hydroxylation is 1. The molecule has 2 aromatic rings. The van der Waals surface area contributed by atoms with Crippen molar-refractivity contribution in [2.24, 2.45) is 0 Å². The molecule has 0 atom stereocenters. The molecule has 0 saturated carbocycles. The molecule has 1 N–H and O–H groups in total. The average Bonchev–Trinajstić information content (AvgIpc) is 2.53. The lowest BCUT2D eigenvalue weighted by Crippen LogP contribution is -2.23. The van der Waals surface area contributed by atoms with Gasteiger partial charge in [-0.2, -0.15) is 0 Å². The fourth-order valence-corrected chi connectivity index (χ4v) is 2.18. The summed E-state index contributed by atoms with van der Waals surface area (Å²) in [5.41, 5.74) is 0.820. The first kappa shape index (κ1) is 17.1. The topological polar surface area (TPSA) is 115 Å². The number of benzene rings is 2. The Labute approximate surface area is 137 Å². The summed E-state index contributed by atoms with van der Waals surface area (Å²) in [6.45, 7) is 3.44. The Bertz CT molecular complexity index is 780. The summed E-state index contributed by atoms with van der Waals surface area (Å²) in [6, 6.07) is 9.57. The van der Waals surface area contributed by atoms with Crippen LogP contribution in [-0.4, -0.2) is 15.8 Å². The third-order valence-electron chi connectivity index (χ3n) is 3.58. The van der Waals surface area contributed by atoms with Gasteiger partial charge in [0.2, 0.25) is 0 Å². The van der Waals surface area contributed by atoms with Crippen LogP contribution in [0.1, 0.15) is 27.0 Å². The first-order chi connectivity index (χ1) is 11.3.